The first-order valence-corrected chi connectivity index (χ1v) is 15.9. The van der Waals surface area contributed by atoms with E-state index >= 15 is 0 Å². The van der Waals surface area contributed by atoms with Gasteiger partial charge in [0.2, 0.25) is 0 Å². The fourth-order valence-electron chi connectivity index (χ4n) is 4.32. The number of pyridine rings is 3. The molecule has 0 aliphatic carbocycles. The van der Waals surface area contributed by atoms with Crippen molar-refractivity contribution >= 4 is 23.9 Å². The van der Waals surface area contributed by atoms with E-state index in [1.54, 1.807) is 39.8 Å². The van der Waals surface area contributed by atoms with E-state index in [0.29, 0.717) is 17.1 Å². The minimum absolute atomic E-state index is 0.110. The number of carbonyl (C=O) groups excluding carboxylic acids is 4. The highest BCUT2D eigenvalue weighted by Gasteiger charge is 2.19. The van der Waals surface area contributed by atoms with Crippen LogP contribution < -0.4 is 14.2 Å². The van der Waals surface area contributed by atoms with Crippen molar-refractivity contribution in [1.29, 1.82) is 0 Å². The van der Waals surface area contributed by atoms with Crippen LogP contribution in [0, 0.1) is 0 Å². The number of hydrogen-bond acceptors (Lipinski definition) is 14. The summed E-state index contributed by atoms with van der Waals surface area (Å²) < 4.78 is 38.2. The Balaban J connectivity index is 1.62. The average Bonchev–Trinajstić information content (AvgIpc) is 3.13. The molecule has 0 aliphatic heterocycles. The van der Waals surface area contributed by atoms with Crippen LogP contribution in [0.4, 0.5) is 0 Å². The van der Waals surface area contributed by atoms with E-state index in [1.807, 2.05) is 30.3 Å². The Morgan fingerprint density at radius 2 is 0.800 bits per heavy atom. The van der Waals surface area contributed by atoms with Crippen LogP contribution in [0.5, 0.6) is 17.2 Å². The van der Waals surface area contributed by atoms with Crippen molar-refractivity contribution in [3.8, 4) is 17.2 Å². The molecule has 4 aromatic rings. The summed E-state index contributed by atoms with van der Waals surface area (Å²) in [6.45, 7) is 7.08. The lowest BCUT2D eigenvalue weighted by atomic mass is 10.2. The monoisotopic (exact) mass is 687 g/mol. The molecule has 0 N–H and O–H groups in total. The van der Waals surface area contributed by atoms with Gasteiger partial charge >= 0.3 is 23.9 Å². The third kappa shape index (κ3) is 10.7. The Kier molecular flexibility index (Phi) is 13.6. The Labute approximate surface area is 288 Å². The summed E-state index contributed by atoms with van der Waals surface area (Å²) in [7, 11) is 0. The molecule has 14 heteroatoms. The maximum atomic E-state index is 12.5. The molecule has 50 heavy (non-hydrogen) atoms. The summed E-state index contributed by atoms with van der Waals surface area (Å²) in [5.41, 5.74) is 1.25. The molecule has 262 valence electrons. The topological polar surface area (TPSA) is 172 Å². The fraction of sp³-hybridized carbons (Fsp3) is 0.306. The van der Waals surface area contributed by atoms with Crippen LogP contribution in [0.2, 0.25) is 0 Å². The van der Waals surface area contributed by atoms with E-state index in [4.69, 9.17) is 33.2 Å². The standard InChI is InChI=1S/C36H37N3O11/c1-5-44-33(40)29-16-27(17-30(38-29)34(41)45-6-2)49-21-24-14-26(48-20-23-12-10-9-11-13-23)15-25(37-24)22-50-28-18-31(35(42)46-7-3)39-32(19-28)36(43)47-8-4/h9-19H,5-8,20-22H2,1-4H3. The van der Waals surface area contributed by atoms with Gasteiger partial charge in [-0.05, 0) is 33.3 Å². The summed E-state index contributed by atoms with van der Waals surface area (Å²) in [5.74, 6) is -2.18. The number of esters is 4. The van der Waals surface area contributed by atoms with Gasteiger partial charge in [0, 0.05) is 36.4 Å². The van der Waals surface area contributed by atoms with Gasteiger partial charge in [-0.2, -0.15) is 0 Å². The molecule has 0 atom stereocenters. The second-order valence-electron chi connectivity index (χ2n) is 10.2. The van der Waals surface area contributed by atoms with Gasteiger partial charge in [-0.1, -0.05) is 30.3 Å². The zero-order chi connectivity index (χ0) is 35.9. The van der Waals surface area contributed by atoms with Crippen LogP contribution >= 0.6 is 0 Å². The summed E-state index contributed by atoms with van der Waals surface area (Å²) in [6.07, 6.45) is 0. The van der Waals surface area contributed by atoms with Gasteiger partial charge in [-0.15, -0.1) is 0 Å². The van der Waals surface area contributed by atoms with Crippen molar-refractivity contribution in [2.75, 3.05) is 26.4 Å². The molecule has 0 aliphatic rings. The van der Waals surface area contributed by atoms with Crippen LogP contribution in [0.3, 0.4) is 0 Å². The summed E-state index contributed by atoms with van der Waals surface area (Å²) in [5, 5.41) is 0. The maximum Gasteiger partial charge on any atom is 0.357 e. The Morgan fingerprint density at radius 1 is 0.460 bits per heavy atom. The van der Waals surface area contributed by atoms with E-state index in [2.05, 4.69) is 15.0 Å². The molecule has 0 radical (unpaired) electrons. The van der Waals surface area contributed by atoms with Gasteiger partial charge in [0.25, 0.3) is 0 Å². The largest absolute Gasteiger partial charge is 0.489 e. The maximum absolute atomic E-state index is 12.5. The van der Waals surface area contributed by atoms with Gasteiger partial charge in [0.1, 0.15) is 37.1 Å². The molecule has 1 aromatic carbocycles. The number of hydrogen-bond donors (Lipinski definition) is 0. The molecule has 3 aromatic heterocycles. The average molecular weight is 688 g/mol. The molecule has 0 unspecified atom stereocenters. The van der Waals surface area contributed by atoms with Crippen LogP contribution in [0.15, 0.2) is 66.7 Å². The van der Waals surface area contributed by atoms with Gasteiger partial charge in [-0.3, -0.25) is 4.98 Å². The molecular formula is C36H37N3O11. The molecule has 3 heterocycles. The first kappa shape index (κ1) is 36.8. The zero-order valence-corrected chi connectivity index (χ0v) is 28.1. The van der Waals surface area contributed by atoms with Crippen molar-refractivity contribution in [2.24, 2.45) is 0 Å². The summed E-state index contributed by atoms with van der Waals surface area (Å²) >= 11 is 0. The lowest BCUT2D eigenvalue weighted by Gasteiger charge is -2.14. The molecule has 0 spiro atoms. The number of benzene rings is 1. The van der Waals surface area contributed by atoms with E-state index in [1.165, 1.54) is 24.3 Å². The minimum atomic E-state index is -0.731. The summed E-state index contributed by atoms with van der Waals surface area (Å²) in [6, 6.07) is 18.3. The number of aromatic nitrogens is 3. The van der Waals surface area contributed by atoms with Crippen molar-refractivity contribution in [3.63, 3.8) is 0 Å². The highest BCUT2D eigenvalue weighted by molar-refractivity contribution is 5.93. The minimum Gasteiger partial charge on any atom is -0.489 e. The smallest absolute Gasteiger partial charge is 0.357 e. The van der Waals surface area contributed by atoms with Crippen LogP contribution in [-0.2, 0) is 38.8 Å². The number of rotatable bonds is 17. The highest BCUT2D eigenvalue weighted by Crippen LogP contribution is 2.23. The van der Waals surface area contributed by atoms with Gasteiger partial charge in [0.05, 0.1) is 37.8 Å². The third-order valence-corrected chi connectivity index (χ3v) is 6.46. The van der Waals surface area contributed by atoms with Crippen molar-refractivity contribution in [3.05, 3.63) is 106 Å². The molecule has 14 nitrogen and oxygen atoms in total. The van der Waals surface area contributed by atoms with E-state index in [-0.39, 0.29) is 80.5 Å². The first-order chi connectivity index (χ1) is 24.2. The Bertz CT molecular complexity index is 1620. The van der Waals surface area contributed by atoms with E-state index < -0.39 is 23.9 Å². The summed E-state index contributed by atoms with van der Waals surface area (Å²) in [4.78, 5) is 62.6. The quantitative estimate of drug-likeness (QED) is 0.103. The number of carbonyl (C=O) groups is 4. The molecule has 4 rings (SSSR count). The lowest BCUT2D eigenvalue weighted by molar-refractivity contribution is 0.0491. The highest BCUT2D eigenvalue weighted by atomic mass is 16.5. The fourth-order valence-corrected chi connectivity index (χ4v) is 4.32. The second-order valence-corrected chi connectivity index (χ2v) is 10.2. The lowest BCUT2D eigenvalue weighted by Crippen LogP contribution is -2.14. The molecule has 0 fully saturated rings. The Hall–Kier alpha value is -6.05. The molecule has 0 amide bonds. The predicted octanol–water partition coefficient (Wildman–Crippen LogP) is 5.32. The molecular weight excluding hydrogens is 650 g/mol. The second kappa shape index (κ2) is 18.5. The zero-order valence-electron chi connectivity index (χ0n) is 28.1. The number of nitrogens with zero attached hydrogens (tertiary/aromatic N) is 3. The molecule has 0 saturated heterocycles. The Morgan fingerprint density at radius 3 is 1.16 bits per heavy atom. The first-order valence-electron chi connectivity index (χ1n) is 15.9. The molecule has 0 saturated carbocycles. The van der Waals surface area contributed by atoms with Gasteiger partial charge in [0.15, 0.2) is 22.8 Å². The normalized spacial score (nSPS) is 10.5. The van der Waals surface area contributed by atoms with Crippen molar-refractivity contribution < 1.29 is 52.3 Å². The van der Waals surface area contributed by atoms with Crippen LogP contribution in [0.1, 0.15) is 86.6 Å². The van der Waals surface area contributed by atoms with Crippen LogP contribution in [0.25, 0.3) is 0 Å². The predicted molar refractivity (Wildman–Crippen MR) is 176 cm³/mol. The third-order valence-electron chi connectivity index (χ3n) is 6.46. The van der Waals surface area contributed by atoms with Crippen LogP contribution in [-0.4, -0.2) is 65.3 Å². The van der Waals surface area contributed by atoms with E-state index in [0.717, 1.165) is 5.56 Å². The van der Waals surface area contributed by atoms with E-state index in [9.17, 15) is 19.2 Å². The molecule has 0 bridgehead atoms. The number of ether oxygens (including phenoxy) is 7. The SMILES string of the molecule is CCOC(=O)c1cc(OCc2cc(OCc3ccccc3)cc(COc3cc(C(=O)OCC)nc(C(=O)OCC)c3)n2)cc(C(=O)OCC)n1. The van der Waals surface area contributed by atoms with Crippen molar-refractivity contribution in [1.82, 2.24) is 15.0 Å². The van der Waals surface area contributed by atoms with Gasteiger partial charge < -0.3 is 33.2 Å². The van der Waals surface area contributed by atoms with Gasteiger partial charge in [-0.25, -0.2) is 29.1 Å². The van der Waals surface area contributed by atoms with Crippen molar-refractivity contribution in [2.45, 2.75) is 47.5 Å².